The molecule has 0 aliphatic heterocycles. The Morgan fingerprint density at radius 2 is 1.48 bits per heavy atom. The highest BCUT2D eigenvalue weighted by Crippen LogP contribution is 2.57. The average Bonchev–Trinajstić information content (AvgIpc) is 2.44. The number of hydrogen-bond acceptors (Lipinski definition) is 5. The number of non-ortho nitro benzene ring substituents is 1. The van der Waals surface area contributed by atoms with Gasteiger partial charge in [-0.3, -0.25) is 14.3 Å². The summed E-state index contributed by atoms with van der Waals surface area (Å²) in [6.07, 6.45) is 6.10. The third-order valence-electron chi connectivity index (χ3n) is 5.60. The predicted octanol–water partition coefficient (Wildman–Crippen LogP) is 3.27. The minimum atomic E-state index is -3.89. The van der Waals surface area contributed by atoms with Gasteiger partial charge in [0.1, 0.15) is 0 Å². The van der Waals surface area contributed by atoms with Crippen molar-refractivity contribution in [3.63, 3.8) is 0 Å². The van der Waals surface area contributed by atoms with Crippen LogP contribution in [0.3, 0.4) is 0 Å². The van der Waals surface area contributed by atoms with E-state index < -0.39 is 20.6 Å². The van der Waals surface area contributed by atoms with E-state index in [0.717, 1.165) is 19.3 Å². The van der Waals surface area contributed by atoms with Crippen LogP contribution in [0.1, 0.15) is 38.5 Å². The normalized spacial score (nSPS) is 35.4. The summed E-state index contributed by atoms with van der Waals surface area (Å²) in [5.74, 6) is 1.77. The molecule has 0 aromatic heterocycles. The summed E-state index contributed by atoms with van der Waals surface area (Å²) >= 11 is 0. The molecule has 1 aromatic rings. The van der Waals surface area contributed by atoms with E-state index in [0.29, 0.717) is 17.8 Å². The van der Waals surface area contributed by atoms with Crippen molar-refractivity contribution in [3.05, 3.63) is 34.4 Å². The highest BCUT2D eigenvalue weighted by atomic mass is 32.2. The average molecular weight is 337 g/mol. The SMILES string of the molecule is O=[N+]([O-])c1ccc(S(=O)(=O)OC23CC4CC(CC(C4)C2)C3)cc1. The highest BCUT2D eigenvalue weighted by molar-refractivity contribution is 7.86. The topological polar surface area (TPSA) is 86.5 Å². The van der Waals surface area contributed by atoms with Crippen LogP contribution in [0.5, 0.6) is 0 Å². The molecule has 0 heterocycles. The van der Waals surface area contributed by atoms with Gasteiger partial charge in [-0.1, -0.05) is 0 Å². The van der Waals surface area contributed by atoms with Crippen molar-refractivity contribution < 1.29 is 17.5 Å². The zero-order chi connectivity index (χ0) is 16.2. The lowest BCUT2D eigenvalue weighted by Gasteiger charge is -2.55. The summed E-state index contributed by atoms with van der Waals surface area (Å²) < 4.78 is 30.9. The number of benzene rings is 1. The molecule has 0 unspecified atom stereocenters. The lowest BCUT2D eigenvalue weighted by atomic mass is 9.54. The van der Waals surface area contributed by atoms with Gasteiger partial charge >= 0.3 is 0 Å². The molecule has 0 radical (unpaired) electrons. The van der Waals surface area contributed by atoms with Crippen LogP contribution < -0.4 is 0 Å². The quantitative estimate of drug-likeness (QED) is 0.478. The van der Waals surface area contributed by atoms with Crippen molar-refractivity contribution in [3.8, 4) is 0 Å². The van der Waals surface area contributed by atoms with Gasteiger partial charge in [-0.25, -0.2) is 0 Å². The van der Waals surface area contributed by atoms with E-state index in [2.05, 4.69) is 0 Å². The Balaban J connectivity index is 1.59. The number of hydrogen-bond donors (Lipinski definition) is 0. The van der Waals surface area contributed by atoms with Crippen molar-refractivity contribution >= 4 is 15.8 Å². The lowest BCUT2D eigenvalue weighted by molar-refractivity contribution is -0.384. The van der Waals surface area contributed by atoms with Crippen molar-refractivity contribution in [2.24, 2.45) is 17.8 Å². The van der Waals surface area contributed by atoms with Crippen molar-refractivity contribution in [2.45, 2.75) is 49.0 Å². The minimum Gasteiger partial charge on any atom is -0.260 e. The summed E-state index contributed by atoms with van der Waals surface area (Å²) in [7, 11) is -3.89. The molecule has 5 rings (SSSR count). The molecule has 4 aliphatic carbocycles. The Bertz CT molecular complexity index is 705. The number of nitrogens with zero attached hydrogens (tertiary/aromatic N) is 1. The third-order valence-corrected chi connectivity index (χ3v) is 7.03. The first-order valence-corrected chi connectivity index (χ1v) is 9.46. The maximum absolute atomic E-state index is 12.6. The van der Waals surface area contributed by atoms with Gasteiger partial charge in [-0.2, -0.15) is 8.42 Å². The van der Waals surface area contributed by atoms with Gasteiger partial charge in [0.25, 0.3) is 15.8 Å². The first kappa shape index (κ1) is 15.1. The fourth-order valence-corrected chi connectivity index (χ4v) is 6.38. The molecule has 6 nitrogen and oxygen atoms in total. The molecule has 4 saturated carbocycles. The van der Waals surface area contributed by atoms with Gasteiger partial charge in [0.05, 0.1) is 15.4 Å². The van der Waals surface area contributed by atoms with Crippen molar-refractivity contribution in [1.82, 2.24) is 0 Å². The standard InChI is InChI=1S/C16H19NO5S/c18-17(19)14-1-3-15(4-2-14)23(20,21)22-16-8-11-5-12(9-16)7-13(6-11)10-16/h1-4,11-13H,5-10H2. The molecule has 4 bridgehead atoms. The van der Waals surface area contributed by atoms with E-state index in [4.69, 9.17) is 4.18 Å². The van der Waals surface area contributed by atoms with E-state index in [9.17, 15) is 18.5 Å². The summed E-state index contributed by atoms with van der Waals surface area (Å²) in [6, 6.07) is 4.92. The second-order valence-electron chi connectivity index (χ2n) is 7.39. The first-order chi connectivity index (χ1) is 10.9. The van der Waals surface area contributed by atoms with Crippen LogP contribution in [-0.4, -0.2) is 18.9 Å². The van der Waals surface area contributed by atoms with E-state index >= 15 is 0 Å². The highest BCUT2D eigenvalue weighted by Gasteiger charge is 2.53. The van der Waals surface area contributed by atoms with Gasteiger partial charge in [-0.15, -0.1) is 0 Å². The Hall–Kier alpha value is -1.47. The molecule has 124 valence electrons. The molecular formula is C16H19NO5S. The third kappa shape index (κ3) is 2.65. The fourth-order valence-electron chi connectivity index (χ4n) is 5.15. The van der Waals surface area contributed by atoms with E-state index in [1.165, 1.54) is 43.5 Å². The summed E-state index contributed by atoms with van der Waals surface area (Å²) in [4.78, 5) is 10.1. The summed E-state index contributed by atoms with van der Waals surface area (Å²) in [6.45, 7) is 0. The number of rotatable bonds is 4. The van der Waals surface area contributed by atoms with Crippen molar-refractivity contribution in [1.29, 1.82) is 0 Å². The van der Waals surface area contributed by atoms with Crippen LogP contribution in [0.25, 0.3) is 0 Å². The molecule has 4 fully saturated rings. The van der Waals surface area contributed by atoms with Gasteiger partial charge < -0.3 is 0 Å². The van der Waals surface area contributed by atoms with E-state index in [1.54, 1.807) is 0 Å². The Kier molecular flexibility index (Phi) is 3.29. The molecular weight excluding hydrogens is 318 g/mol. The zero-order valence-electron chi connectivity index (χ0n) is 12.7. The van der Waals surface area contributed by atoms with Gasteiger partial charge in [0, 0.05) is 12.1 Å². The number of nitro groups is 1. The molecule has 0 N–H and O–H groups in total. The van der Waals surface area contributed by atoms with Gasteiger partial charge in [-0.05, 0) is 68.4 Å². The molecule has 7 heteroatoms. The Morgan fingerprint density at radius 3 is 1.91 bits per heavy atom. The largest absolute Gasteiger partial charge is 0.297 e. The van der Waals surface area contributed by atoms with Gasteiger partial charge in [0.15, 0.2) is 0 Å². The molecule has 1 aromatic carbocycles. The second-order valence-corrected chi connectivity index (χ2v) is 8.94. The summed E-state index contributed by atoms with van der Waals surface area (Å²) in [5, 5.41) is 10.7. The van der Waals surface area contributed by atoms with Crippen molar-refractivity contribution in [2.75, 3.05) is 0 Å². The van der Waals surface area contributed by atoms with Crippen LogP contribution >= 0.6 is 0 Å². The smallest absolute Gasteiger partial charge is 0.260 e. The van der Waals surface area contributed by atoms with Crippen LogP contribution in [0, 0.1) is 27.9 Å². The van der Waals surface area contributed by atoms with Crippen LogP contribution in [0.15, 0.2) is 29.2 Å². The maximum Gasteiger partial charge on any atom is 0.297 e. The monoisotopic (exact) mass is 337 g/mol. The van der Waals surface area contributed by atoms with E-state index in [-0.39, 0.29) is 10.6 Å². The first-order valence-electron chi connectivity index (χ1n) is 8.05. The fraction of sp³-hybridized carbons (Fsp3) is 0.625. The van der Waals surface area contributed by atoms with E-state index in [1.807, 2.05) is 0 Å². The molecule has 23 heavy (non-hydrogen) atoms. The summed E-state index contributed by atoms with van der Waals surface area (Å²) in [5.41, 5.74) is -0.672. The van der Waals surface area contributed by atoms with Gasteiger partial charge in [0.2, 0.25) is 0 Å². The lowest BCUT2D eigenvalue weighted by Crippen LogP contribution is -2.52. The molecule has 4 aliphatic rings. The maximum atomic E-state index is 12.6. The van der Waals surface area contributed by atoms with Crippen LogP contribution in [-0.2, 0) is 14.3 Å². The minimum absolute atomic E-state index is 0.00107. The predicted molar refractivity (Wildman–Crippen MR) is 82.3 cm³/mol. The second kappa shape index (κ2) is 5.01. The van der Waals surface area contributed by atoms with Crippen LogP contribution in [0.4, 0.5) is 5.69 Å². The molecule has 0 atom stereocenters. The number of nitro benzene ring substituents is 1. The molecule has 0 spiro atoms. The van der Waals surface area contributed by atoms with Crippen LogP contribution in [0.2, 0.25) is 0 Å². The molecule has 0 saturated heterocycles. The molecule has 0 amide bonds. The zero-order valence-corrected chi connectivity index (χ0v) is 13.5. The Morgan fingerprint density at radius 1 is 1.00 bits per heavy atom. The Labute approximate surface area is 135 Å².